The van der Waals surface area contributed by atoms with Crippen molar-refractivity contribution in [3.8, 4) is 11.3 Å². The molecule has 2 aliphatic carbocycles. The lowest BCUT2D eigenvalue weighted by Crippen LogP contribution is -2.44. The number of nitrogens with zero attached hydrogens (tertiary/aromatic N) is 5. The lowest BCUT2D eigenvalue weighted by molar-refractivity contribution is 0.0513. The van der Waals surface area contributed by atoms with E-state index in [-0.39, 0.29) is 18.0 Å². The van der Waals surface area contributed by atoms with Crippen LogP contribution in [0.4, 0.5) is 4.79 Å². The van der Waals surface area contributed by atoms with E-state index in [0.29, 0.717) is 12.0 Å². The Balaban J connectivity index is 1.33. The number of fused-ring (bicyclic) bond motifs is 1. The highest BCUT2D eigenvalue weighted by molar-refractivity contribution is 5.95. The first-order valence-corrected chi connectivity index (χ1v) is 11.8. The molecular formula is C26H29N5O3. The Morgan fingerprint density at radius 2 is 1.82 bits per heavy atom. The number of hydrogen-bond acceptors (Lipinski definition) is 6. The van der Waals surface area contributed by atoms with E-state index >= 15 is 0 Å². The minimum atomic E-state index is -0.579. The summed E-state index contributed by atoms with van der Waals surface area (Å²) in [7, 11) is 0. The molecule has 1 unspecified atom stereocenters. The topological polar surface area (TPSA) is 90.2 Å². The van der Waals surface area contributed by atoms with Gasteiger partial charge in [-0.25, -0.2) is 4.79 Å². The van der Waals surface area contributed by atoms with Gasteiger partial charge in [-0.05, 0) is 82.7 Å². The number of hydrogen-bond donors (Lipinski definition) is 0. The van der Waals surface area contributed by atoms with Crippen molar-refractivity contribution in [3.05, 3.63) is 65.6 Å². The first-order chi connectivity index (χ1) is 16.3. The van der Waals surface area contributed by atoms with Crippen molar-refractivity contribution in [1.29, 1.82) is 0 Å². The maximum Gasteiger partial charge on any atom is 0.435 e. The molecule has 1 fully saturated rings. The van der Waals surface area contributed by atoms with Gasteiger partial charge >= 0.3 is 6.09 Å². The van der Waals surface area contributed by atoms with E-state index in [1.807, 2.05) is 57.2 Å². The molecule has 0 bridgehead atoms. The summed E-state index contributed by atoms with van der Waals surface area (Å²) in [6.45, 7) is 5.51. The van der Waals surface area contributed by atoms with Crippen molar-refractivity contribution in [3.63, 3.8) is 0 Å². The number of aryl methyl sites for hydroxylation is 1. The van der Waals surface area contributed by atoms with Crippen LogP contribution in [0.2, 0.25) is 0 Å². The number of carbonyl (C=O) groups excluding carboxylic acids is 2. The predicted octanol–water partition coefficient (Wildman–Crippen LogP) is 4.29. The zero-order chi connectivity index (χ0) is 23.9. The molecule has 8 nitrogen and oxygen atoms in total. The van der Waals surface area contributed by atoms with E-state index in [1.54, 1.807) is 12.4 Å². The predicted molar refractivity (Wildman–Crippen MR) is 126 cm³/mol. The number of ether oxygens (including phenoxy) is 1. The Morgan fingerprint density at radius 3 is 2.47 bits per heavy atom. The highest BCUT2D eigenvalue weighted by atomic mass is 16.6. The van der Waals surface area contributed by atoms with Crippen LogP contribution in [0.5, 0.6) is 0 Å². The van der Waals surface area contributed by atoms with Gasteiger partial charge in [0.05, 0.1) is 11.4 Å². The second-order valence-electron chi connectivity index (χ2n) is 10.1. The van der Waals surface area contributed by atoms with Crippen molar-refractivity contribution in [1.82, 2.24) is 24.9 Å². The average Bonchev–Trinajstić information content (AvgIpc) is 3.55. The van der Waals surface area contributed by atoms with E-state index < -0.39 is 11.7 Å². The normalized spacial score (nSPS) is 17.7. The van der Waals surface area contributed by atoms with Gasteiger partial charge in [-0.15, -0.1) is 0 Å². The molecule has 176 valence electrons. The Bertz CT molecular complexity index is 1190. The number of benzene rings is 1. The van der Waals surface area contributed by atoms with Gasteiger partial charge in [0, 0.05) is 35.6 Å². The average molecular weight is 460 g/mol. The van der Waals surface area contributed by atoms with Crippen LogP contribution in [-0.4, -0.2) is 54.6 Å². The largest absolute Gasteiger partial charge is 0.442 e. The summed E-state index contributed by atoms with van der Waals surface area (Å²) in [5, 5.41) is 12.5. The highest BCUT2D eigenvalue weighted by Crippen LogP contribution is 2.35. The fourth-order valence-corrected chi connectivity index (χ4v) is 4.50. The fraction of sp³-hybridized carbons (Fsp3) is 0.423. The molecule has 2 aliphatic rings. The smallest absolute Gasteiger partial charge is 0.435 e. The Labute approximate surface area is 198 Å². The SMILES string of the molecule is CC(C)(C)OC(=O)n1cc2c(n1)CCC(N(C(=O)c1ccc(-c3cccnn3)cc1)C1CC1)C2. The van der Waals surface area contributed by atoms with E-state index in [2.05, 4.69) is 20.2 Å². The third-order valence-electron chi connectivity index (χ3n) is 6.20. The number of rotatable bonds is 4. The van der Waals surface area contributed by atoms with Crippen molar-refractivity contribution in [2.24, 2.45) is 0 Å². The van der Waals surface area contributed by atoms with Crippen LogP contribution in [0, 0.1) is 0 Å². The second kappa shape index (κ2) is 8.66. The van der Waals surface area contributed by atoms with Crippen LogP contribution < -0.4 is 0 Å². The Kier molecular flexibility index (Phi) is 5.67. The molecule has 1 saturated carbocycles. The van der Waals surface area contributed by atoms with Crippen LogP contribution >= 0.6 is 0 Å². The van der Waals surface area contributed by atoms with Crippen LogP contribution in [0.15, 0.2) is 48.8 Å². The molecule has 2 heterocycles. The van der Waals surface area contributed by atoms with Crippen LogP contribution in [0.1, 0.15) is 61.6 Å². The van der Waals surface area contributed by atoms with E-state index in [9.17, 15) is 9.59 Å². The minimum Gasteiger partial charge on any atom is -0.442 e. The molecule has 1 amide bonds. The second-order valence-corrected chi connectivity index (χ2v) is 10.1. The van der Waals surface area contributed by atoms with E-state index in [1.165, 1.54) is 4.68 Å². The van der Waals surface area contributed by atoms with Gasteiger partial charge in [0.25, 0.3) is 5.91 Å². The summed E-state index contributed by atoms with van der Waals surface area (Å²) in [4.78, 5) is 28.1. The molecule has 3 aromatic rings. The van der Waals surface area contributed by atoms with Crippen molar-refractivity contribution in [2.75, 3.05) is 0 Å². The summed E-state index contributed by atoms with van der Waals surface area (Å²) in [6.07, 6.45) is 7.25. The van der Waals surface area contributed by atoms with Gasteiger partial charge in [0.15, 0.2) is 0 Å². The van der Waals surface area contributed by atoms with Crippen LogP contribution in [0.25, 0.3) is 11.3 Å². The molecule has 5 rings (SSSR count). The maximum atomic E-state index is 13.6. The molecule has 1 atom stereocenters. The molecule has 8 heteroatoms. The quantitative estimate of drug-likeness (QED) is 0.578. The van der Waals surface area contributed by atoms with Crippen molar-refractivity contribution >= 4 is 12.0 Å². The summed E-state index contributed by atoms with van der Waals surface area (Å²) in [5.41, 5.74) is 3.73. The highest BCUT2D eigenvalue weighted by Gasteiger charge is 2.39. The molecule has 0 N–H and O–H groups in total. The standard InChI is InChI=1S/C26H29N5O3/c1-26(2,3)34-25(33)30-16-19-15-21(12-13-23(19)29-30)31(20-10-11-20)24(32)18-8-6-17(7-9-18)22-5-4-14-27-28-22/h4-9,14,16,20-21H,10-13,15H2,1-3H3. The van der Waals surface area contributed by atoms with Gasteiger partial charge in [-0.1, -0.05) is 12.1 Å². The van der Waals surface area contributed by atoms with Gasteiger partial charge in [-0.2, -0.15) is 20.0 Å². The summed E-state index contributed by atoms with van der Waals surface area (Å²) in [5.74, 6) is 0.0566. The molecule has 0 radical (unpaired) electrons. The maximum absolute atomic E-state index is 13.6. The zero-order valence-electron chi connectivity index (χ0n) is 19.8. The van der Waals surface area contributed by atoms with Crippen LogP contribution in [-0.2, 0) is 17.6 Å². The summed E-state index contributed by atoms with van der Waals surface area (Å²) < 4.78 is 6.75. The van der Waals surface area contributed by atoms with Gasteiger partial charge < -0.3 is 9.64 Å². The molecule has 1 aromatic carbocycles. The molecule has 2 aromatic heterocycles. The molecule has 0 spiro atoms. The molecular weight excluding hydrogens is 430 g/mol. The molecule has 0 saturated heterocycles. The third-order valence-corrected chi connectivity index (χ3v) is 6.20. The fourth-order valence-electron chi connectivity index (χ4n) is 4.50. The minimum absolute atomic E-state index is 0.0566. The Morgan fingerprint density at radius 1 is 1.06 bits per heavy atom. The number of aromatic nitrogens is 4. The number of amides is 1. The zero-order valence-corrected chi connectivity index (χ0v) is 19.8. The first-order valence-electron chi connectivity index (χ1n) is 11.8. The van der Waals surface area contributed by atoms with E-state index in [4.69, 9.17) is 4.74 Å². The van der Waals surface area contributed by atoms with Gasteiger partial charge in [0.1, 0.15) is 5.60 Å². The first kappa shape index (κ1) is 22.3. The lowest BCUT2D eigenvalue weighted by atomic mass is 9.91. The molecule has 0 aliphatic heterocycles. The monoisotopic (exact) mass is 459 g/mol. The van der Waals surface area contributed by atoms with Gasteiger partial charge in [0.2, 0.25) is 0 Å². The van der Waals surface area contributed by atoms with E-state index in [0.717, 1.165) is 48.2 Å². The summed E-state index contributed by atoms with van der Waals surface area (Å²) >= 11 is 0. The van der Waals surface area contributed by atoms with Crippen molar-refractivity contribution < 1.29 is 14.3 Å². The lowest BCUT2D eigenvalue weighted by Gasteiger charge is -2.34. The Hall–Kier alpha value is -3.55. The van der Waals surface area contributed by atoms with Crippen LogP contribution in [0.3, 0.4) is 0 Å². The van der Waals surface area contributed by atoms with Gasteiger partial charge in [-0.3, -0.25) is 4.79 Å². The number of carbonyl (C=O) groups is 2. The van der Waals surface area contributed by atoms with Crippen molar-refractivity contribution in [2.45, 2.75) is 70.6 Å². The summed E-state index contributed by atoms with van der Waals surface area (Å²) in [6, 6.07) is 11.7. The molecule has 34 heavy (non-hydrogen) atoms. The third kappa shape index (κ3) is 4.71.